The van der Waals surface area contributed by atoms with Crippen molar-refractivity contribution in [1.82, 2.24) is 4.98 Å². The van der Waals surface area contributed by atoms with Crippen molar-refractivity contribution < 1.29 is 9.53 Å². The number of carbonyl (C=O) groups excluding carboxylic acids is 1. The second-order valence-electron chi connectivity index (χ2n) is 3.97. The molecule has 4 nitrogen and oxygen atoms in total. The number of anilines is 1. The van der Waals surface area contributed by atoms with Gasteiger partial charge < -0.3 is 15.0 Å². The van der Waals surface area contributed by atoms with Crippen molar-refractivity contribution in [2.75, 3.05) is 18.7 Å². The molecule has 0 fully saturated rings. The summed E-state index contributed by atoms with van der Waals surface area (Å²) in [5.74, 6) is -0.351. The van der Waals surface area contributed by atoms with Crippen LogP contribution in [0.25, 0.3) is 0 Å². The van der Waals surface area contributed by atoms with Crippen molar-refractivity contribution in [1.29, 1.82) is 0 Å². The Hall–Kier alpha value is -1.88. The van der Waals surface area contributed by atoms with Crippen molar-refractivity contribution in [3.05, 3.63) is 47.8 Å². The summed E-state index contributed by atoms with van der Waals surface area (Å²) in [6, 6.07) is 11.8. The van der Waals surface area contributed by atoms with Gasteiger partial charge in [0.05, 0.1) is 13.7 Å². The van der Waals surface area contributed by atoms with E-state index in [2.05, 4.69) is 27.2 Å². The van der Waals surface area contributed by atoms with Gasteiger partial charge >= 0.3 is 5.97 Å². The molecule has 1 aromatic carbocycles. The zero-order valence-electron chi connectivity index (χ0n) is 10.9. The number of aromatic amines is 1. The number of rotatable bonds is 5. The van der Waals surface area contributed by atoms with Crippen LogP contribution in [-0.2, 0) is 11.3 Å². The molecule has 5 heteroatoms. The monoisotopic (exact) mass is 276 g/mol. The van der Waals surface area contributed by atoms with E-state index in [1.807, 2.05) is 24.5 Å². The Morgan fingerprint density at radius 3 is 2.95 bits per heavy atom. The first kappa shape index (κ1) is 13.5. The molecule has 19 heavy (non-hydrogen) atoms. The average molecular weight is 276 g/mol. The van der Waals surface area contributed by atoms with E-state index in [1.165, 1.54) is 12.0 Å². The highest BCUT2D eigenvalue weighted by molar-refractivity contribution is 7.98. The molecule has 100 valence electrons. The number of ether oxygens (including phenoxy) is 1. The van der Waals surface area contributed by atoms with Crippen molar-refractivity contribution in [3.8, 4) is 0 Å². The SMILES string of the molecule is COC(=O)c1ccc(CNc2cccc(SC)c2)[nH]1. The van der Waals surface area contributed by atoms with Crippen molar-refractivity contribution >= 4 is 23.4 Å². The third-order valence-corrected chi connectivity index (χ3v) is 3.43. The van der Waals surface area contributed by atoms with Crippen LogP contribution in [-0.4, -0.2) is 24.3 Å². The van der Waals surface area contributed by atoms with E-state index >= 15 is 0 Å². The van der Waals surface area contributed by atoms with E-state index in [0.29, 0.717) is 12.2 Å². The van der Waals surface area contributed by atoms with E-state index in [-0.39, 0.29) is 5.97 Å². The molecule has 0 spiro atoms. The van der Waals surface area contributed by atoms with Gasteiger partial charge in [0, 0.05) is 16.3 Å². The summed E-state index contributed by atoms with van der Waals surface area (Å²) >= 11 is 1.71. The lowest BCUT2D eigenvalue weighted by atomic mass is 10.3. The number of hydrogen-bond acceptors (Lipinski definition) is 4. The molecule has 2 N–H and O–H groups in total. The number of methoxy groups -OCH3 is 1. The number of benzene rings is 1. The predicted molar refractivity (Wildman–Crippen MR) is 77.7 cm³/mol. The van der Waals surface area contributed by atoms with Crippen LogP contribution in [0, 0.1) is 0 Å². The second-order valence-corrected chi connectivity index (χ2v) is 4.85. The molecule has 0 aliphatic heterocycles. The van der Waals surface area contributed by atoms with E-state index in [4.69, 9.17) is 0 Å². The predicted octanol–water partition coefficient (Wildman–Crippen LogP) is 3.14. The maximum atomic E-state index is 11.3. The number of H-pyrrole nitrogens is 1. The van der Waals surface area contributed by atoms with E-state index < -0.39 is 0 Å². The van der Waals surface area contributed by atoms with Crippen LogP contribution in [0.5, 0.6) is 0 Å². The Kier molecular flexibility index (Phi) is 4.52. The number of nitrogens with one attached hydrogen (secondary N) is 2. The van der Waals surface area contributed by atoms with Crippen molar-refractivity contribution in [2.24, 2.45) is 0 Å². The van der Waals surface area contributed by atoms with E-state index in [0.717, 1.165) is 11.4 Å². The number of hydrogen-bond donors (Lipinski definition) is 2. The van der Waals surface area contributed by atoms with Gasteiger partial charge in [0.1, 0.15) is 5.69 Å². The lowest BCUT2D eigenvalue weighted by Crippen LogP contribution is -2.03. The van der Waals surface area contributed by atoms with Crippen LogP contribution in [0.4, 0.5) is 5.69 Å². The minimum atomic E-state index is -0.351. The van der Waals surface area contributed by atoms with Crippen LogP contribution in [0.15, 0.2) is 41.3 Å². The van der Waals surface area contributed by atoms with Gasteiger partial charge in [0.15, 0.2) is 0 Å². The fourth-order valence-corrected chi connectivity index (χ4v) is 2.16. The fraction of sp³-hybridized carbons (Fsp3) is 0.214. The van der Waals surface area contributed by atoms with Gasteiger partial charge in [-0.1, -0.05) is 6.07 Å². The van der Waals surface area contributed by atoms with Crippen LogP contribution in [0.2, 0.25) is 0 Å². The van der Waals surface area contributed by atoms with Crippen LogP contribution in [0.1, 0.15) is 16.2 Å². The fourth-order valence-electron chi connectivity index (χ4n) is 1.70. The van der Waals surface area contributed by atoms with Gasteiger partial charge in [-0.15, -0.1) is 11.8 Å². The summed E-state index contributed by atoms with van der Waals surface area (Å²) in [6.45, 7) is 0.634. The van der Waals surface area contributed by atoms with Crippen molar-refractivity contribution in [3.63, 3.8) is 0 Å². The molecule has 0 atom stereocenters. The Morgan fingerprint density at radius 1 is 1.37 bits per heavy atom. The van der Waals surface area contributed by atoms with Crippen LogP contribution >= 0.6 is 11.8 Å². The summed E-state index contributed by atoms with van der Waals surface area (Å²) in [6.07, 6.45) is 2.05. The molecule has 0 radical (unpaired) electrons. The average Bonchev–Trinajstić information content (AvgIpc) is 2.93. The largest absolute Gasteiger partial charge is 0.464 e. The third kappa shape index (κ3) is 3.54. The molecule has 0 amide bonds. The maximum Gasteiger partial charge on any atom is 0.354 e. The van der Waals surface area contributed by atoms with Gasteiger partial charge in [0.25, 0.3) is 0 Å². The zero-order chi connectivity index (χ0) is 13.7. The quantitative estimate of drug-likeness (QED) is 0.650. The molecule has 2 aromatic rings. The Morgan fingerprint density at radius 2 is 2.21 bits per heavy atom. The van der Waals surface area contributed by atoms with Crippen LogP contribution < -0.4 is 5.32 Å². The molecular weight excluding hydrogens is 260 g/mol. The standard InChI is InChI=1S/C14H16N2O2S/c1-18-14(17)13-7-6-11(16-13)9-15-10-4-3-5-12(8-10)19-2/h3-8,15-16H,9H2,1-2H3. The molecule has 1 heterocycles. The van der Waals surface area contributed by atoms with Gasteiger partial charge in [-0.2, -0.15) is 0 Å². The molecule has 0 aliphatic carbocycles. The second kappa shape index (κ2) is 6.33. The molecule has 0 saturated carbocycles. The number of thioether (sulfide) groups is 1. The van der Waals surface area contributed by atoms with E-state index in [1.54, 1.807) is 17.8 Å². The lowest BCUT2D eigenvalue weighted by molar-refractivity contribution is 0.0594. The summed E-state index contributed by atoms with van der Waals surface area (Å²) in [7, 11) is 1.37. The Balaban J connectivity index is 1.98. The summed E-state index contributed by atoms with van der Waals surface area (Å²) in [5.41, 5.74) is 2.47. The van der Waals surface area contributed by atoms with Gasteiger partial charge in [-0.3, -0.25) is 0 Å². The third-order valence-electron chi connectivity index (χ3n) is 2.70. The van der Waals surface area contributed by atoms with Gasteiger partial charge in [-0.25, -0.2) is 4.79 Å². The summed E-state index contributed by atoms with van der Waals surface area (Å²) < 4.78 is 4.65. The minimum Gasteiger partial charge on any atom is -0.464 e. The number of carbonyl (C=O) groups is 1. The Bertz CT molecular complexity index is 566. The molecule has 0 bridgehead atoms. The first-order valence-electron chi connectivity index (χ1n) is 5.87. The van der Waals surface area contributed by atoms with Crippen molar-refractivity contribution in [2.45, 2.75) is 11.4 Å². The highest BCUT2D eigenvalue weighted by atomic mass is 32.2. The molecule has 0 saturated heterocycles. The first-order chi connectivity index (χ1) is 9.22. The van der Waals surface area contributed by atoms with Gasteiger partial charge in [0.2, 0.25) is 0 Å². The zero-order valence-corrected chi connectivity index (χ0v) is 11.7. The normalized spacial score (nSPS) is 10.2. The van der Waals surface area contributed by atoms with Crippen LogP contribution in [0.3, 0.4) is 0 Å². The molecule has 0 unspecified atom stereocenters. The van der Waals surface area contributed by atoms with E-state index in [9.17, 15) is 4.79 Å². The summed E-state index contributed by atoms with van der Waals surface area (Å²) in [5, 5.41) is 3.31. The highest BCUT2D eigenvalue weighted by Gasteiger charge is 2.07. The number of esters is 1. The topological polar surface area (TPSA) is 54.1 Å². The highest BCUT2D eigenvalue weighted by Crippen LogP contribution is 2.19. The molecular formula is C14H16N2O2S. The molecule has 1 aromatic heterocycles. The maximum absolute atomic E-state index is 11.3. The molecule has 0 aliphatic rings. The number of aromatic nitrogens is 1. The Labute approximate surface area is 116 Å². The smallest absolute Gasteiger partial charge is 0.354 e. The lowest BCUT2D eigenvalue weighted by Gasteiger charge is -2.06. The summed E-state index contributed by atoms with van der Waals surface area (Å²) in [4.78, 5) is 15.5. The minimum absolute atomic E-state index is 0.351. The van der Waals surface area contributed by atoms with Gasteiger partial charge in [-0.05, 0) is 36.6 Å². The molecule has 2 rings (SSSR count). The first-order valence-corrected chi connectivity index (χ1v) is 7.09.